The van der Waals surface area contributed by atoms with E-state index in [9.17, 15) is 4.79 Å². The van der Waals surface area contributed by atoms with Crippen LogP contribution in [-0.4, -0.2) is 10.5 Å². The monoisotopic (exact) mass is 216 g/mol. The van der Waals surface area contributed by atoms with Crippen LogP contribution in [0.25, 0.3) is 10.4 Å². The highest BCUT2D eigenvalue weighted by Crippen LogP contribution is 2.33. The Kier molecular flexibility index (Phi) is 2.72. The van der Waals surface area contributed by atoms with Gasteiger partial charge in [-0.2, -0.15) is 9.37 Å². The first-order valence-electron chi connectivity index (χ1n) is 4.41. The molecule has 74 valence electrons. The smallest absolute Gasteiger partial charge is 0.211 e. The molecule has 0 saturated heterocycles. The molecule has 0 aliphatic heterocycles. The largest absolute Gasteiger partial charge is 0.240 e. The van der Waals surface area contributed by atoms with E-state index in [0.29, 0.717) is 5.69 Å². The number of aryl methyl sites for hydroxylation is 1. The molecule has 4 heteroatoms. The van der Waals surface area contributed by atoms with E-state index in [1.165, 1.54) is 23.2 Å². The number of carbonyl (C=O) groups excluding carboxylic acids is 1. The fraction of sp³-hybridized carbons (Fsp3) is 0.0909. The van der Waals surface area contributed by atoms with Gasteiger partial charge in [0.1, 0.15) is 5.69 Å². The van der Waals surface area contributed by atoms with E-state index in [4.69, 9.17) is 0 Å². The molecule has 1 aromatic carbocycles. The number of hydrogen-bond donors (Lipinski definition) is 0. The molecule has 15 heavy (non-hydrogen) atoms. The maximum Gasteiger partial charge on any atom is 0.240 e. The van der Waals surface area contributed by atoms with Gasteiger partial charge in [-0.25, -0.2) is 4.79 Å². The Bertz CT molecular complexity index is 510. The van der Waals surface area contributed by atoms with Crippen LogP contribution in [0.2, 0.25) is 0 Å². The Hall–Kier alpha value is -1.77. The van der Waals surface area contributed by atoms with Crippen LogP contribution in [0.5, 0.6) is 0 Å². The molecule has 3 nitrogen and oxygen atoms in total. The Balaban J connectivity index is 2.49. The minimum absolute atomic E-state index is 0.582. The van der Waals surface area contributed by atoms with Crippen molar-refractivity contribution in [3.63, 3.8) is 0 Å². The third kappa shape index (κ3) is 2.01. The molecule has 0 unspecified atom stereocenters. The van der Waals surface area contributed by atoms with Gasteiger partial charge in [-0.1, -0.05) is 29.8 Å². The number of aliphatic imine (C=N–C) groups is 1. The van der Waals surface area contributed by atoms with E-state index in [2.05, 4.69) is 9.37 Å². The highest BCUT2D eigenvalue weighted by Gasteiger charge is 2.06. The second-order valence-corrected chi connectivity index (χ2v) is 3.91. The molecule has 0 fully saturated rings. The first kappa shape index (κ1) is 9.77. The van der Waals surface area contributed by atoms with Gasteiger partial charge in [0.2, 0.25) is 6.08 Å². The summed E-state index contributed by atoms with van der Waals surface area (Å²) in [5, 5.41) is 0. The zero-order valence-electron chi connectivity index (χ0n) is 8.10. The Morgan fingerprint density at radius 3 is 2.73 bits per heavy atom. The standard InChI is InChI=1S/C11H8N2OS/c1-8-2-4-9(5-3-8)11-10(12-7-14)6-13-15-11/h2-6H,1H3. The van der Waals surface area contributed by atoms with E-state index in [-0.39, 0.29) is 0 Å². The summed E-state index contributed by atoms with van der Waals surface area (Å²) >= 11 is 1.33. The lowest BCUT2D eigenvalue weighted by Gasteiger charge is -1.98. The number of hydrogen-bond acceptors (Lipinski definition) is 4. The number of aromatic nitrogens is 1. The van der Waals surface area contributed by atoms with Crippen LogP contribution in [0.3, 0.4) is 0 Å². The molecule has 0 amide bonds. The van der Waals surface area contributed by atoms with Gasteiger partial charge in [-0.3, -0.25) is 0 Å². The van der Waals surface area contributed by atoms with E-state index in [0.717, 1.165) is 10.4 Å². The van der Waals surface area contributed by atoms with Gasteiger partial charge in [0.15, 0.2) is 0 Å². The van der Waals surface area contributed by atoms with Crippen molar-refractivity contribution in [3.8, 4) is 10.4 Å². The Morgan fingerprint density at radius 1 is 1.33 bits per heavy atom. The van der Waals surface area contributed by atoms with Gasteiger partial charge < -0.3 is 0 Å². The summed E-state index contributed by atoms with van der Waals surface area (Å²) in [5.41, 5.74) is 2.81. The Labute approximate surface area is 91.3 Å². The molecule has 0 aliphatic carbocycles. The second-order valence-electron chi connectivity index (χ2n) is 3.11. The minimum Gasteiger partial charge on any atom is -0.211 e. The topological polar surface area (TPSA) is 42.3 Å². The average molecular weight is 216 g/mol. The molecule has 0 bridgehead atoms. The fourth-order valence-corrected chi connectivity index (χ4v) is 1.96. The van der Waals surface area contributed by atoms with Crippen LogP contribution in [0.15, 0.2) is 35.5 Å². The van der Waals surface area contributed by atoms with E-state index >= 15 is 0 Å². The zero-order chi connectivity index (χ0) is 10.7. The molecule has 0 spiro atoms. The van der Waals surface area contributed by atoms with Crippen molar-refractivity contribution in [3.05, 3.63) is 36.0 Å². The van der Waals surface area contributed by atoms with Gasteiger partial charge >= 0.3 is 0 Å². The molecule has 0 N–H and O–H groups in total. The maximum atomic E-state index is 10.2. The maximum absolute atomic E-state index is 10.2. The van der Waals surface area contributed by atoms with Crippen molar-refractivity contribution in [2.75, 3.05) is 0 Å². The number of rotatable bonds is 2. The van der Waals surface area contributed by atoms with Crippen LogP contribution in [0, 0.1) is 6.92 Å². The first-order valence-corrected chi connectivity index (χ1v) is 5.18. The SMILES string of the molecule is Cc1ccc(-c2sncc2N=C=O)cc1. The Morgan fingerprint density at radius 2 is 2.07 bits per heavy atom. The van der Waals surface area contributed by atoms with E-state index in [1.807, 2.05) is 31.2 Å². The molecular formula is C11H8N2OS. The van der Waals surface area contributed by atoms with Crippen molar-refractivity contribution in [1.82, 2.24) is 4.37 Å². The summed E-state index contributed by atoms with van der Waals surface area (Å²) in [7, 11) is 0. The minimum atomic E-state index is 0.582. The predicted octanol–water partition coefficient (Wildman–Crippen LogP) is 3.09. The van der Waals surface area contributed by atoms with E-state index < -0.39 is 0 Å². The lowest BCUT2D eigenvalue weighted by molar-refractivity contribution is 0.565. The lowest BCUT2D eigenvalue weighted by atomic mass is 10.1. The predicted molar refractivity (Wildman–Crippen MR) is 60.1 cm³/mol. The summed E-state index contributed by atoms with van der Waals surface area (Å²) < 4.78 is 4.01. The molecule has 2 rings (SSSR count). The van der Waals surface area contributed by atoms with Gasteiger partial charge in [-0.05, 0) is 24.0 Å². The highest BCUT2D eigenvalue weighted by molar-refractivity contribution is 7.10. The molecule has 1 heterocycles. The van der Waals surface area contributed by atoms with Crippen molar-refractivity contribution >= 4 is 23.3 Å². The number of benzene rings is 1. The number of nitrogens with zero attached hydrogens (tertiary/aromatic N) is 2. The quantitative estimate of drug-likeness (QED) is 0.571. The zero-order valence-corrected chi connectivity index (χ0v) is 8.91. The molecule has 0 radical (unpaired) electrons. The highest BCUT2D eigenvalue weighted by atomic mass is 32.1. The van der Waals surface area contributed by atoms with Gasteiger partial charge in [0, 0.05) is 0 Å². The summed E-state index contributed by atoms with van der Waals surface area (Å²) in [4.78, 5) is 14.7. The van der Waals surface area contributed by atoms with Crippen LogP contribution in [0.1, 0.15) is 5.56 Å². The third-order valence-corrected chi connectivity index (χ3v) is 2.87. The molecule has 1 aromatic heterocycles. The molecule has 0 aliphatic rings. The van der Waals surface area contributed by atoms with Crippen molar-refractivity contribution in [1.29, 1.82) is 0 Å². The normalized spacial score (nSPS) is 9.67. The van der Waals surface area contributed by atoms with Crippen molar-refractivity contribution < 1.29 is 4.79 Å². The van der Waals surface area contributed by atoms with Crippen molar-refractivity contribution in [2.24, 2.45) is 4.99 Å². The first-order chi connectivity index (χ1) is 7.31. The molecule has 2 aromatic rings. The van der Waals surface area contributed by atoms with Crippen LogP contribution in [0.4, 0.5) is 5.69 Å². The van der Waals surface area contributed by atoms with Crippen molar-refractivity contribution in [2.45, 2.75) is 6.92 Å². The van der Waals surface area contributed by atoms with Crippen LogP contribution < -0.4 is 0 Å². The fourth-order valence-electron chi connectivity index (χ4n) is 1.27. The number of isocyanates is 1. The average Bonchev–Trinajstić information content (AvgIpc) is 2.68. The molecule has 0 atom stereocenters. The molecular weight excluding hydrogens is 208 g/mol. The van der Waals surface area contributed by atoms with Crippen LogP contribution >= 0.6 is 11.5 Å². The second kappa shape index (κ2) is 4.17. The van der Waals surface area contributed by atoms with Crippen LogP contribution in [-0.2, 0) is 4.79 Å². The third-order valence-electron chi connectivity index (χ3n) is 2.03. The summed E-state index contributed by atoms with van der Waals surface area (Å²) in [6, 6.07) is 8.02. The molecule has 0 saturated carbocycles. The van der Waals surface area contributed by atoms with Gasteiger partial charge in [-0.15, -0.1) is 0 Å². The van der Waals surface area contributed by atoms with Gasteiger partial charge in [0.05, 0.1) is 11.1 Å². The summed E-state index contributed by atoms with van der Waals surface area (Å²) in [6.07, 6.45) is 3.11. The van der Waals surface area contributed by atoms with Gasteiger partial charge in [0.25, 0.3) is 0 Å². The summed E-state index contributed by atoms with van der Waals surface area (Å²) in [5.74, 6) is 0. The lowest BCUT2D eigenvalue weighted by Crippen LogP contribution is -1.74. The summed E-state index contributed by atoms with van der Waals surface area (Å²) in [6.45, 7) is 2.03. The van der Waals surface area contributed by atoms with E-state index in [1.54, 1.807) is 6.20 Å².